The van der Waals surface area contributed by atoms with Gasteiger partial charge in [0.15, 0.2) is 0 Å². The zero-order chi connectivity index (χ0) is 16.7. The Labute approximate surface area is 136 Å². The van der Waals surface area contributed by atoms with Gasteiger partial charge in [0.2, 0.25) is 10.0 Å². The van der Waals surface area contributed by atoms with Crippen LogP contribution in [0.4, 0.5) is 0 Å². The molecule has 0 aliphatic rings. The zero-order valence-corrected chi connectivity index (χ0v) is 13.8. The van der Waals surface area contributed by atoms with Crippen LogP contribution in [0.25, 0.3) is 0 Å². The van der Waals surface area contributed by atoms with Gasteiger partial charge in [0.25, 0.3) is 0 Å². The van der Waals surface area contributed by atoms with Crippen LogP contribution in [0.15, 0.2) is 53.4 Å². The molecule has 7 heteroatoms. The molecule has 0 radical (unpaired) electrons. The maximum Gasteiger partial charge on any atom is 0.240 e. The van der Waals surface area contributed by atoms with E-state index in [1.54, 1.807) is 43.5 Å². The van der Waals surface area contributed by atoms with Gasteiger partial charge in [-0.05, 0) is 36.4 Å². The van der Waals surface area contributed by atoms with Gasteiger partial charge in [-0.15, -0.1) is 0 Å². The fourth-order valence-corrected chi connectivity index (χ4v) is 2.89. The van der Waals surface area contributed by atoms with E-state index in [9.17, 15) is 8.42 Å². The number of methoxy groups -OCH3 is 2. The van der Waals surface area contributed by atoms with Crippen LogP contribution >= 0.6 is 0 Å². The van der Waals surface area contributed by atoms with E-state index in [1.165, 1.54) is 19.2 Å². The van der Waals surface area contributed by atoms with Gasteiger partial charge in [-0.1, -0.05) is 6.07 Å². The third-order valence-corrected chi connectivity index (χ3v) is 4.55. The molecule has 23 heavy (non-hydrogen) atoms. The molecule has 0 unspecified atom stereocenters. The molecule has 0 saturated heterocycles. The van der Waals surface area contributed by atoms with Gasteiger partial charge in [0.1, 0.15) is 23.9 Å². The van der Waals surface area contributed by atoms with E-state index in [0.29, 0.717) is 17.2 Å². The van der Waals surface area contributed by atoms with Gasteiger partial charge in [-0.3, -0.25) is 0 Å². The summed E-state index contributed by atoms with van der Waals surface area (Å²) < 4.78 is 42.3. The lowest BCUT2D eigenvalue weighted by Crippen LogP contribution is -2.28. The van der Waals surface area contributed by atoms with Crippen molar-refractivity contribution in [2.75, 3.05) is 27.4 Å². The lowest BCUT2D eigenvalue weighted by molar-refractivity contribution is 0.320. The van der Waals surface area contributed by atoms with Crippen LogP contribution in [-0.4, -0.2) is 35.8 Å². The first kappa shape index (κ1) is 17.1. The molecule has 2 rings (SSSR count). The Hall–Kier alpha value is -2.25. The number of sulfonamides is 1. The molecule has 0 aromatic heterocycles. The summed E-state index contributed by atoms with van der Waals surface area (Å²) in [5.41, 5.74) is 0. The van der Waals surface area contributed by atoms with Gasteiger partial charge >= 0.3 is 0 Å². The zero-order valence-electron chi connectivity index (χ0n) is 13.0. The highest BCUT2D eigenvalue weighted by Crippen LogP contribution is 2.18. The summed E-state index contributed by atoms with van der Waals surface area (Å²) in [5, 5.41) is 0. The second kappa shape index (κ2) is 7.85. The number of ether oxygens (including phenoxy) is 3. The molecule has 0 atom stereocenters. The number of benzene rings is 2. The Morgan fingerprint density at radius 2 is 1.57 bits per heavy atom. The minimum absolute atomic E-state index is 0.158. The summed E-state index contributed by atoms with van der Waals surface area (Å²) in [7, 11) is -0.466. The van der Waals surface area contributed by atoms with Crippen molar-refractivity contribution in [2.24, 2.45) is 0 Å². The molecule has 6 nitrogen and oxygen atoms in total. The molecule has 2 aromatic carbocycles. The molecule has 0 aliphatic carbocycles. The van der Waals surface area contributed by atoms with E-state index in [4.69, 9.17) is 14.2 Å². The molecule has 2 aromatic rings. The Balaban J connectivity index is 1.86. The number of rotatable bonds is 8. The number of nitrogens with one attached hydrogen (secondary N) is 1. The van der Waals surface area contributed by atoms with Crippen molar-refractivity contribution in [3.8, 4) is 17.2 Å². The van der Waals surface area contributed by atoms with E-state index >= 15 is 0 Å². The fourth-order valence-electron chi connectivity index (χ4n) is 1.87. The second-order valence-electron chi connectivity index (χ2n) is 4.60. The minimum Gasteiger partial charge on any atom is -0.497 e. The minimum atomic E-state index is -3.56. The summed E-state index contributed by atoms with van der Waals surface area (Å²) in [4.78, 5) is 0.180. The maximum atomic E-state index is 12.1. The first-order valence-corrected chi connectivity index (χ1v) is 8.44. The first-order valence-electron chi connectivity index (χ1n) is 6.96. The van der Waals surface area contributed by atoms with Crippen molar-refractivity contribution in [1.82, 2.24) is 4.72 Å². The monoisotopic (exact) mass is 337 g/mol. The van der Waals surface area contributed by atoms with Crippen molar-refractivity contribution in [3.05, 3.63) is 48.5 Å². The SMILES string of the molecule is COc1ccc(S(=O)(=O)NCCOc2cccc(OC)c2)cc1. The van der Waals surface area contributed by atoms with E-state index in [2.05, 4.69) is 4.72 Å². The third-order valence-electron chi connectivity index (χ3n) is 3.07. The first-order chi connectivity index (χ1) is 11.0. The van der Waals surface area contributed by atoms with E-state index in [0.717, 1.165) is 0 Å². The third kappa shape index (κ3) is 4.87. The van der Waals surface area contributed by atoms with Crippen LogP contribution in [0.1, 0.15) is 0 Å². The molecule has 0 heterocycles. The molecule has 0 amide bonds. The maximum absolute atomic E-state index is 12.1. The van der Waals surface area contributed by atoms with Gasteiger partial charge in [0.05, 0.1) is 19.1 Å². The highest BCUT2D eigenvalue weighted by Gasteiger charge is 2.13. The molecule has 0 spiro atoms. The highest BCUT2D eigenvalue weighted by molar-refractivity contribution is 7.89. The Bertz CT molecular complexity index is 728. The summed E-state index contributed by atoms with van der Waals surface area (Å²) in [5.74, 6) is 1.90. The number of hydrogen-bond acceptors (Lipinski definition) is 5. The molecule has 0 fully saturated rings. The Morgan fingerprint density at radius 1 is 0.913 bits per heavy atom. The van der Waals surface area contributed by atoms with Crippen molar-refractivity contribution >= 4 is 10.0 Å². The number of hydrogen-bond donors (Lipinski definition) is 1. The average Bonchev–Trinajstić information content (AvgIpc) is 2.59. The van der Waals surface area contributed by atoms with Crippen LogP contribution < -0.4 is 18.9 Å². The summed E-state index contributed by atoms with van der Waals surface area (Å²) in [6.45, 7) is 0.369. The molecular formula is C16H19NO5S. The summed E-state index contributed by atoms with van der Waals surface area (Å²) >= 11 is 0. The smallest absolute Gasteiger partial charge is 0.240 e. The predicted molar refractivity (Wildman–Crippen MR) is 86.7 cm³/mol. The largest absolute Gasteiger partial charge is 0.497 e. The predicted octanol–water partition coefficient (Wildman–Crippen LogP) is 2.06. The average molecular weight is 337 g/mol. The van der Waals surface area contributed by atoms with E-state index in [1.807, 2.05) is 0 Å². The van der Waals surface area contributed by atoms with Crippen LogP contribution in [0.5, 0.6) is 17.2 Å². The normalized spacial score (nSPS) is 11.0. The van der Waals surface area contributed by atoms with Crippen molar-refractivity contribution in [3.63, 3.8) is 0 Å². The quantitative estimate of drug-likeness (QED) is 0.747. The van der Waals surface area contributed by atoms with Crippen LogP contribution in [0.3, 0.4) is 0 Å². The molecule has 124 valence electrons. The van der Waals surface area contributed by atoms with Gasteiger partial charge in [0, 0.05) is 12.6 Å². The summed E-state index contributed by atoms with van der Waals surface area (Å²) in [6, 6.07) is 13.3. The Morgan fingerprint density at radius 3 is 2.22 bits per heavy atom. The lowest BCUT2D eigenvalue weighted by atomic mass is 10.3. The molecule has 0 bridgehead atoms. The van der Waals surface area contributed by atoms with Crippen molar-refractivity contribution in [1.29, 1.82) is 0 Å². The fraction of sp³-hybridized carbons (Fsp3) is 0.250. The molecular weight excluding hydrogens is 318 g/mol. The van der Waals surface area contributed by atoms with Gasteiger partial charge in [-0.2, -0.15) is 0 Å². The second-order valence-corrected chi connectivity index (χ2v) is 6.37. The highest BCUT2D eigenvalue weighted by atomic mass is 32.2. The van der Waals surface area contributed by atoms with Crippen molar-refractivity contribution in [2.45, 2.75) is 4.90 Å². The van der Waals surface area contributed by atoms with Gasteiger partial charge < -0.3 is 14.2 Å². The summed E-state index contributed by atoms with van der Waals surface area (Å²) in [6.07, 6.45) is 0. The van der Waals surface area contributed by atoms with Crippen LogP contribution in [-0.2, 0) is 10.0 Å². The molecule has 0 saturated carbocycles. The van der Waals surface area contributed by atoms with E-state index < -0.39 is 10.0 Å². The Kier molecular flexibility index (Phi) is 5.84. The van der Waals surface area contributed by atoms with Gasteiger partial charge in [-0.25, -0.2) is 13.1 Å². The topological polar surface area (TPSA) is 73.9 Å². The molecule has 1 N–H and O–H groups in total. The molecule has 0 aliphatic heterocycles. The van der Waals surface area contributed by atoms with Crippen LogP contribution in [0.2, 0.25) is 0 Å². The van der Waals surface area contributed by atoms with Crippen molar-refractivity contribution < 1.29 is 22.6 Å². The van der Waals surface area contributed by atoms with E-state index in [-0.39, 0.29) is 18.0 Å². The van der Waals surface area contributed by atoms with Crippen LogP contribution in [0, 0.1) is 0 Å². The standard InChI is InChI=1S/C16H19NO5S/c1-20-13-6-8-16(9-7-13)23(18,19)17-10-11-22-15-5-3-4-14(12-15)21-2/h3-9,12,17H,10-11H2,1-2H3. The lowest BCUT2D eigenvalue weighted by Gasteiger charge is -2.09.